The molecule has 0 saturated carbocycles. The number of nitrogens with zero attached hydrogens (tertiary/aromatic N) is 3. The van der Waals surface area contributed by atoms with Crippen LogP contribution in [0.1, 0.15) is 37.0 Å². The monoisotopic (exact) mass is 336 g/mol. The Balaban J connectivity index is 2.29. The molecule has 0 bridgehead atoms. The van der Waals surface area contributed by atoms with Crippen molar-refractivity contribution in [2.45, 2.75) is 39.8 Å². The van der Waals surface area contributed by atoms with Gasteiger partial charge < -0.3 is 5.32 Å². The number of hydrogen-bond donors (Lipinski definition) is 1. The summed E-state index contributed by atoms with van der Waals surface area (Å²) in [6.07, 6.45) is 2.72. The zero-order valence-electron chi connectivity index (χ0n) is 12.2. The summed E-state index contributed by atoms with van der Waals surface area (Å²) in [6.45, 7) is 8.06. The van der Waals surface area contributed by atoms with E-state index in [2.05, 4.69) is 55.9 Å². The number of likely N-dealkylation sites (N-methyl/N-ethyl adjacent to an activating group) is 1. The van der Waals surface area contributed by atoms with E-state index in [0.29, 0.717) is 0 Å². The van der Waals surface area contributed by atoms with Crippen LogP contribution in [0.2, 0.25) is 0 Å². The van der Waals surface area contributed by atoms with Gasteiger partial charge in [0, 0.05) is 19.2 Å². The van der Waals surface area contributed by atoms with E-state index in [1.807, 2.05) is 25.3 Å². The number of nitrogens with one attached hydrogen (secondary N) is 1. The van der Waals surface area contributed by atoms with Crippen molar-refractivity contribution in [2.75, 3.05) is 6.54 Å². The molecule has 2 aromatic heterocycles. The second kappa shape index (κ2) is 6.99. The molecule has 2 rings (SSSR count). The van der Waals surface area contributed by atoms with Crippen LogP contribution in [0.3, 0.4) is 0 Å². The first-order chi connectivity index (χ1) is 9.67. The van der Waals surface area contributed by atoms with Gasteiger partial charge in [0.15, 0.2) is 0 Å². The van der Waals surface area contributed by atoms with Gasteiger partial charge in [0.05, 0.1) is 27.6 Å². The van der Waals surface area contributed by atoms with Crippen molar-refractivity contribution in [3.63, 3.8) is 0 Å². The molecule has 1 N–H and O–H groups in total. The Morgan fingerprint density at radius 2 is 2.15 bits per heavy atom. The molecule has 0 radical (unpaired) electrons. The van der Waals surface area contributed by atoms with Crippen LogP contribution >= 0.6 is 15.9 Å². The average Bonchev–Trinajstić information content (AvgIpc) is 2.75. The topological polar surface area (TPSA) is 42.7 Å². The Morgan fingerprint density at radius 3 is 2.75 bits per heavy atom. The van der Waals surface area contributed by atoms with Gasteiger partial charge in [-0.05, 0) is 48.5 Å². The van der Waals surface area contributed by atoms with E-state index < -0.39 is 0 Å². The fourth-order valence-electron chi connectivity index (χ4n) is 2.37. The summed E-state index contributed by atoms with van der Waals surface area (Å²) in [7, 11) is 0. The molecule has 4 nitrogen and oxygen atoms in total. The van der Waals surface area contributed by atoms with E-state index in [1.165, 1.54) is 5.69 Å². The third kappa shape index (κ3) is 3.27. The summed E-state index contributed by atoms with van der Waals surface area (Å²) < 4.78 is 3.17. The molecule has 20 heavy (non-hydrogen) atoms. The lowest BCUT2D eigenvalue weighted by atomic mass is 10.1. The molecule has 2 heterocycles. The normalized spacial score (nSPS) is 12.6. The Morgan fingerprint density at radius 1 is 1.35 bits per heavy atom. The van der Waals surface area contributed by atoms with Crippen molar-refractivity contribution < 1.29 is 0 Å². The van der Waals surface area contributed by atoms with Crippen LogP contribution in [-0.2, 0) is 13.0 Å². The van der Waals surface area contributed by atoms with Gasteiger partial charge in [-0.25, -0.2) is 0 Å². The molecule has 0 amide bonds. The number of rotatable bonds is 6. The standard InChI is InChI=1S/C15H21BrN4/c1-4-17-13(12-8-6-7-9-18-12)10-14-15(16)11(3)19-20(14)5-2/h6-9,13,17H,4-5,10H2,1-3H3. The van der Waals surface area contributed by atoms with Gasteiger partial charge >= 0.3 is 0 Å². The largest absolute Gasteiger partial charge is 0.309 e. The Bertz CT molecular complexity index is 551. The minimum absolute atomic E-state index is 0.207. The average molecular weight is 337 g/mol. The first kappa shape index (κ1) is 15.2. The first-order valence-electron chi connectivity index (χ1n) is 7.03. The summed E-state index contributed by atoms with van der Waals surface area (Å²) in [5.74, 6) is 0. The highest BCUT2D eigenvalue weighted by Gasteiger charge is 2.19. The Hall–Kier alpha value is -1.20. The lowest BCUT2D eigenvalue weighted by molar-refractivity contribution is 0.506. The van der Waals surface area contributed by atoms with Crippen LogP contribution in [-0.4, -0.2) is 21.3 Å². The summed E-state index contributed by atoms with van der Waals surface area (Å²) in [5, 5.41) is 8.07. The van der Waals surface area contributed by atoms with E-state index in [9.17, 15) is 0 Å². The van der Waals surface area contributed by atoms with Crippen molar-refractivity contribution >= 4 is 15.9 Å². The zero-order chi connectivity index (χ0) is 14.5. The Labute approximate surface area is 128 Å². The molecule has 2 aromatic rings. The van der Waals surface area contributed by atoms with Crippen molar-refractivity contribution in [3.05, 3.63) is 46.0 Å². The van der Waals surface area contributed by atoms with Gasteiger partial charge in [-0.2, -0.15) is 5.10 Å². The van der Waals surface area contributed by atoms with E-state index >= 15 is 0 Å². The predicted octanol–water partition coefficient (Wildman–Crippen LogP) is 3.26. The minimum Gasteiger partial charge on any atom is -0.309 e. The van der Waals surface area contributed by atoms with Crippen molar-refractivity contribution in [3.8, 4) is 0 Å². The minimum atomic E-state index is 0.207. The van der Waals surface area contributed by atoms with Crippen molar-refractivity contribution in [2.24, 2.45) is 0 Å². The van der Waals surface area contributed by atoms with Gasteiger partial charge in [-0.15, -0.1) is 0 Å². The quantitative estimate of drug-likeness (QED) is 0.880. The van der Waals surface area contributed by atoms with Gasteiger partial charge in [0.25, 0.3) is 0 Å². The molecule has 1 atom stereocenters. The van der Waals surface area contributed by atoms with E-state index in [0.717, 1.165) is 35.4 Å². The third-order valence-corrected chi connectivity index (χ3v) is 4.38. The zero-order valence-corrected chi connectivity index (χ0v) is 13.8. The van der Waals surface area contributed by atoms with Crippen LogP contribution in [0, 0.1) is 6.92 Å². The smallest absolute Gasteiger partial charge is 0.0738 e. The molecule has 0 fully saturated rings. The van der Waals surface area contributed by atoms with Gasteiger partial charge in [-0.3, -0.25) is 9.67 Å². The fourth-order valence-corrected chi connectivity index (χ4v) is 2.81. The molecular weight excluding hydrogens is 316 g/mol. The molecule has 108 valence electrons. The van der Waals surface area contributed by atoms with Gasteiger partial charge in [0.2, 0.25) is 0 Å². The second-order valence-electron chi connectivity index (χ2n) is 4.73. The maximum atomic E-state index is 4.56. The summed E-state index contributed by atoms with van der Waals surface area (Å²) in [5.41, 5.74) is 3.34. The van der Waals surface area contributed by atoms with Crippen LogP contribution in [0.5, 0.6) is 0 Å². The second-order valence-corrected chi connectivity index (χ2v) is 5.52. The highest BCUT2D eigenvalue weighted by Crippen LogP contribution is 2.26. The molecule has 0 aliphatic rings. The molecule has 0 spiro atoms. The first-order valence-corrected chi connectivity index (χ1v) is 7.82. The summed E-state index contributed by atoms with van der Waals surface area (Å²) >= 11 is 3.66. The summed E-state index contributed by atoms with van der Waals surface area (Å²) in [4.78, 5) is 4.48. The molecule has 1 unspecified atom stereocenters. The highest BCUT2D eigenvalue weighted by molar-refractivity contribution is 9.10. The van der Waals surface area contributed by atoms with Gasteiger partial charge in [-0.1, -0.05) is 13.0 Å². The number of hydrogen-bond acceptors (Lipinski definition) is 3. The van der Waals surface area contributed by atoms with E-state index in [1.54, 1.807) is 0 Å². The molecule has 0 aliphatic carbocycles. The number of pyridine rings is 1. The predicted molar refractivity (Wildman–Crippen MR) is 84.7 cm³/mol. The van der Waals surface area contributed by atoms with E-state index in [-0.39, 0.29) is 6.04 Å². The van der Waals surface area contributed by atoms with Crippen LogP contribution in [0.4, 0.5) is 0 Å². The van der Waals surface area contributed by atoms with Crippen LogP contribution in [0.25, 0.3) is 0 Å². The lowest BCUT2D eigenvalue weighted by Gasteiger charge is -2.18. The molecule has 0 aromatic carbocycles. The van der Waals surface area contributed by atoms with Crippen molar-refractivity contribution in [1.82, 2.24) is 20.1 Å². The highest BCUT2D eigenvalue weighted by atomic mass is 79.9. The number of halogens is 1. The van der Waals surface area contributed by atoms with Crippen molar-refractivity contribution in [1.29, 1.82) is 0 Å². The van der Waals surface area contributed by atoms with Gasteiger partial charge in [0.1, 0.15) is 0 Å². The summed E-state index contributed by atoms with van der Waals surface area (Å²) in [6, 6.07) is 6.26. The lowest BCUT2D eigenvalue weighted by Crippen LogP contribution is -2.25. The maximum absolute atomic E-state index is 4.56. The molecule has 0 aliphatic heterocycles. The number of aryl methyl sites for hydroxylation is 2. The SMILES string of the molecule is CCNC(Cc1c(Br)c(C)nn1CC)c1ccccn1. The third-order valence-electron chi connectivity index (χ3n) is 3.35. The van der Waals surface area contributed by atoms with Crippen LogP contribution < -0.4 is 5.32 Å². The maximum Gasteiger partial charge on any atom is 0.0738 e. The molecule has 5 heteroatoms. The molecular formula is C15H21BrN4. The fraction of sp³-hybridized carbons (Fsp3) is 0.467. The van der Waals surface area contributed by atoms with Crippen LogP contribution in [0.15, 0.2) is 28.9 Å². The van der Waals surface area contributed by atoms with E-state index in [4.69, 9.17) is 0 Å². The molecule has 0 saturated heterocycles. The Kier molecular flexibility index (Phi) is 5.31. The number of aromatic nitrogens is 3.